The molecule has 0 spiro atoms. The van der Waals surface area contributed by atoms with E-state index in [0.717, 1.165) is 11.3 Å². The smallest absolute Gasteiger partial charge is 0.271 e. The number of nitrogens with one attached hydrogen (secondary N) is 2. The molecule has 3 rings (SSSR count). The molecule has 5 nitrogen and oxygen atoms in total. The Kier molecular flexibility index (Phi) is 3.98. The third-order valence-electron chi connectivity index (χ3n) is 3.44. The average molecular weight is 315 g/mol. The fraction of sp³-hybridized carbons (Fsp3) is 0.125. The van der Waals surface area contributed by atoms with Crippen molar-refractivity contribution in [1.29, 1.82) is 0 Å². The summed E-state index contributed by atoms with van der Waals surface area (Å²) < 4.78 is 2.02. The van der Waals surface area contributed by atoms with Crippen LogP contribution in [0.2, 0.25) is 5.02 Å². The number of hydrogen-bond acceptors (Lipinski definition) is 2. The number of nitrogens with zero attached hydrogens (tertiary/aromatic N) is 2. The second-order valence-electron chi connectivity index (χ2n) is 4.97. The average Bonchev–Trinajstić information content (AvgIpc) is 3.18. The zero-order chi connectivity index (χ0) is 15.5. The van der Waals surface area contributed by atoms with E-state index in [1.54, 1.807) is 0 Å². The largest absolute Gasteiger partial charge is 0.344 e. The Morgan fingerprint density at radius 2 is 2.09 bits per heavy atom. The maximum atomic E-state index is 12.2. The molecule has 1 amide bonds. The van der Waals surface area contributed by atoms with Gasteiger partial charge in [-0.25, -0.2) is 0 Å². The Labute approximate surface area is 132 Å². The molecule has 0 aliphatic heterocycles. The van der Waals surface area contributed by atoms with Gasteiger partial charge < -0.3 is 9.88 Å². The lowest BCUT2D eigenvalue weighted by Crippen LogP contribution is -2.27. The van der Waals surface area contributed by atoms with Crippen molar-refractivity contribution in [1.82, 2.24) is 20.1 Å². The lowest BCUT2D eigenvalue weighted by atomic mass is 10.1. The molecule has 112 valence electrons. The van der Waals surface area contributed by atoms with Crippen molar-refractivity contribution in [3.8, 4) is 5.69 Å². The van der Waals surface area contributed by atoms with Crippen LogP contribution in [0.5, 0.6) is 0 Å². The van der Waals surface area contributed by atoms with Crippen molar-refractivity contribution in [2.75, 3.05) is 0 Å². The summed E-state index contributed by atoms with van der Waals surface area (Å²) in [6.07, 6.45) is 5.37. The van der Waals surface area contributed by atoms with Crippen LogP contribution in [-0.2, 0) is 0 Å². The van der Waals surface area contributed by atoms with E-state index in [-0.39, 0.29) is 17.6 Å². The number of hydrogen-bond donors (Lipinski definition) is 2. The highest BCUT2D eigenvalue weighted by atomic mass is 35.5. The van der Waals surface area contributed by atoms with E-state index in [1.807, 2.05) is 60.3 Å². The van der Waals surface area contributed by atoms with E-state index >= 15 is 0 Å². The first-order chi connectivity index (χ1) is 10.6. The molecule has 0 saturated carbocycles. The molecule has 3 aromatic rings. The standard InChI is InChI=1S/C16H15ClN4O/c1-11(19-16(22)15-14(17)10-18-20-15)12-5-4-6-13(9-12)21-7-2-3-8-21/h2-11H,1H3,(H,18,20)(H,19,22). The minimum Gasteiger partial charge on any atom is -0.344 e. The highest BCUT2D eigenvalue weighted by Gasteiger charge is 2.16. The molecule has 22 heavy (non-hydrogen) atoms. The predicted molar refractivity (Wildman–Crippen MR) is 85.2 cm³/mol. The monoisotopic (exact) mass is 314 g/mol. The molecule has 0 aliphatic carbocycles. The summed E-state index contributed by atoms with van der Waals surface area (Å²) in [5.74, 6) is -0.277. The molecule has 2 heterocycles. The number of rotatable bonds is 4. The number of amides is 1. The molecule has 0 saturated heterocycles. The molecule has 0 bridgehead atoms. The summed E-state index contributed by atoms with van der Waals surface area (Å²) in [5, 5.41) is 9.57. The molecule has 0 fully saturated rings. The van der Waals surface area contributed by atoms with Crippen LogP contribution < -0.4 is 5.32 Å². The number of aromatic nitrogens is 3. The Hall–Kier alpha value is -2.53. The highest BCUT2D eigenvalue weighted by molar-refractivity contribution is 6.33. The van der Waals surface area contributed by atoms with E-state index in [1.165, 1.54) is 6.20 Å². The van der Waals surface area contributed by atoms with Crippen LogP contribution in [0.3, 0.4) is 0 Å². The molecule has 2 N–H and O–H groups in total. The quantitative estimate of drug-likeness (QED) is 0.775. The van der Waals surface area contributed by atoms with Gasteiger partial charge in [0, 0.05) is 18.1 Å². The summed E-state index contributed by atoms with van der Waals surface area (Å²) >= 11 is 5.90. The first-order valence-electron chi connectivity index (χ1n) is 6.88. The Bertz CT molecular complexity index is 779. The predicted octanol–water partition coefficient (Wildman–Crippen LogP) is 3.34. The number of carbonyl (C=O) groups excluding carboxylic acids is 1. The van der Waals surface area contributed by atoms with E-state index in [2.05, 4.69) is 15.5 Å². The molecule has 6 heteroatoms. The van der Waals surface area contributed by atoms with Crippen LogP contribution in [-0.4, -0.2) is 20.7 Å². The van der Waals surface area contributed by atoms with Gasteiger partial charge in [-0.05, 0) is 36.8 Å². The third kappa shape index (κ3) is 2.89. The van der Waals surface area contributed by atoms with Crippen molar-refractivity contribution in [3.63, 3.8) is 0 Å². The van der Waals surface area contributed by atoms with Gasteiger partial charge in [-0.2, -0.15) is 5.10 Å². The Morgan fingerprint density at radius 1 is 1.32 bits per heavy atom. The van der Waals surface area contributed by atoms with Crippen molar-refractivity contribution in [3.05, 3.63) is 71.3 Å². The number of aromatic amines is 1. The van der Waals surface area contributed by atoms with Gasteiger partial charge in [-0.3, -0.25) is 9.89 Å². The third-order valence-corrected chi connectivity index (χ3v) is 3.73. The molecule has 0 aliphatic rings. The zero-order valence-corrected chi connectivity index (χ0v) is 12.7. The summed E-state index contributed by atoms with van der Waals surface area (Å²) in [7, 11) is 0. The summed E-state index contributed by atoms with van der Waals surface area (Å²) in [5.41, 5.74) is 2.33. The second kappa shape index (κ2) is 6.07. The van der Waals surface area contributed by atoms with Crippen LogP contribution in [0.1, 0.15) is 29.0 Å². The Balaban J connectivity index is 1.78. The van der Waals surface area contributed by atoms with Crippen molar-refractivity contribution in [2.24, 2.45) is 0 Å². The van der Waals surface area contributed by atoms with Gasteiger partial charge in [0.25, 0.3) is 5.91 Å². The van der Waals surface area contributed by atoms with E-state index in [0.29, 0.717) is 5.02 Å². The van der Waals surface area contributed by atoms with Gasteiger partial charge in [0.15, 0.2) is 0 Å². The van der Waals surface area contributed by atoms with Crippen LogP contribution >= 0.6 is 11.6 Å². The molecule has 2 aromatic heterocycles. The van der Waals surface area contributed by atoms with Crippen LogP contribution in [0.4, 0.5) is 0 Å². The highest BCUT2D eigenvalue weighted by Crippen LogP contribution is 2.18. The van der Waals surface area contributed by atoms with E-state index in [4.69, 9.17) is 11.6 Å². The minimum atomic E-state index is -0.277. The molecule has 1 unspecified atom stereocenters. The first kappa shape index (κ1) is 14.4. The van der Waals surface area contributed by atoms with Crippen molar-refractivity contribution < 1.29 is 4.79 Å². The fourth-order valence-corrected chi connectivity index (χ4v) is 2.42. The van der Waals surface area contributed by atoms with Crippen LogP contribution in [0.25, 0.3) is 5.69 Å². The SMILES string of the molecule is CC(NC(=O)c1[nH]ncc1Cl)c1cccc(-n2cccc2)c1. The molecule has 1 atom stereocenters. The lowest BCUT2D eigenvalue weighted by Gasteiger charge is -2.15. The van der Waals surface area contributed by atoms with Gasteiger partial charge >= 0.3 is 0 Å². The Morgan fingerprint density at radius 3 is 2.77 bits per heavy atom. The molecule has 1 aromatic carbocycles. The number of H-pyrrole nitrogens is 1. The lowest BCUT2D eigenvalue weighted by molar-refractivity contribution is 0.0935. The summed E-state index contributed by atoms with van der Waals surface area (Å²) in [6.45, 7) is 1.93. The summed E-state index contributed by atoms with van der Waals surface area (Å²) in [4.78, 5) is 12.2. The van der Waals surface area contributed by atoms with Gasteiger partial charge in [0.05, 0.1) is 17.3 Å². The molecular formula is C16H15ClN4O. The molecular weight excluding hydrogens is 300 g/mol. The summed E-state index contributed by atoms with van der Waals surface area (Å²) in [6, 6.07) is 11.8. The molecule has 0 radical (unpaired) electrons. The minimum absolute atomic E-state index is 0.151. The second-order valence-corrected chi connectivity index (χ2v) is 5.38. The van der Waals surface area contributed by atoms with Gasteiger partial charge in [-0.1, -0.05) is 23.7 Å². The van der Waals surface area contributed by atoms with E-state index in [9.17, 15) is 4.79 Å². The van der Waals surface area contributed by atoms with Crippen molar-refractivity contribution >= 4 is 17.5 Å². The van der Waals surface area contributed by atoms with Gasteiger partial charge in [0.1, 0.15) is 5.69 Å². The normalized spacial score (nSPS) is 12.1. The maximum absolute atomic E-state index is 12.2. The van der Waals surface area contributed by atoms with Crippen LogP contribution in [0.15, 0.2) is 55.0 Å². The van der Waals surface area contributed by atoms with Gasteiger partial charge in [0.2, 0.25) is 0 Å². The van der Waals surface area contributed by atoms with Crippen molar-refractivity contribution in [2.45, 2.75) is 13.0 Å². The number of benzene rings is 1. The number of carbonyl (C=O) groups is 1. The van der Waals surface area contributed by atoms with Crippen LogP contribution in [0, 0.1) is 0 Å². The fourth-order valence-electron chi connectivity index (χ4n) is 2.24. The topological polar surface area (TPSA) is 62.7 Å². The maximum Gasteiger partial charge on any atom is 0.271 e. The van der Waals surface area contributed by atoms with Gasteiger partial charge in [-0.15, -0.1) is 0 Å². The number of halogens is 1. The zero-order valence-electron chi connectivity index (χ0n) is 12.0. The van der Waals surface area contributed by atoms with E-state index < -0.39 is 0 Å². The first-order valence-corrected chi connectivity index (χ1v) is 7.26.